The van der Waals surface area contributed by atoms with Crippen molar-refractivity contribution in [3.05, 3.63) is 60.2 Å². The summed E-state index contributed by atoms with van der Waals surface area (Å²) in [5.74, 6) is 1.68. The van der Waals surface area contributed by atoms with Crippen molar-refractivity contribution in [2.75, 3.05) is 25.6 Å². The van der Waals surface area contributed by atoms with Gasteiger partial charge in [-0.1, -0.05) is 30.3 Å². The molecule has 2 aromatic carbocycles. The summed E-state index contributed by atoms with van der Waals surface area (Å²) in [4.78, 5) is 30.7. The third-order valence-electron chi connectivity index (χ3n) is 6.01. The van der Waals surface area contributed by atoms with E-state index in [1.807, 2.05) is 71.0 Å². The van der Waals surface area contributed by atoms with Crippen LogP contribution in [-0.4, -0.2) is 63.2 Å². The van der Waals surface area contributed by atoms with Gasteiger partial charge in [0.2, 0.25) is 5.95 Å². The second-order valence-corrected chi connectivity index (χ2v) is 7.91. The predicted molar refractivity (Wildman–Crippen MR) is 118 cm³/mol. The molecular weight excluding hydrogens is 408 g/mol. The number of likely N-dealkylation sites (N-methyl/N-ethyl adjacent to an activating group) is 2. The molecule has 2 aliphatic rings. The number of ether oxygens (including phenoxy) is 1. The quantitative estimate of drug-likeness (QED) is 0.617. The van der Waals surface area contributed by atoms with Crippen LogP contribution in [0.1, 0.15) is 18.7 Å². The van der Waals surface area contributed by atoms with Crippen molar-refractivity contribution in [1.82, 2.24) is 24.6 Å². The van der Waals surface area contributed by atoms with Crippen LogP contribution in [0.2, 0.25) is 0 Å². The van der Waals surface area contributed by atoms with Crippen LogP contribution in [-0.2, 0) is 11.3 Å². The van der Waals surface area contributed by atoms with Gasteiger partial charge in [-0.25, -0.2) is 4.79 Å². The number of hydrogen-bond acceptors (Lipinski definition) is 6. The molecule has 0 spiro atoms. The van der Waals surface area contributed by atoms with E-state index in [4.69, 9.17) is 4.74 Å². The van der Waals surface area contributed by atoms with Crippen molar-refractivity contribution in [3.63, 3.8) is 0 Å². The Morgan fingerprint density at radius 2 is 1.69 bits per heavy atom. The molecule has 1 fully saturated rings. The van der Waals surface area contributed by atoms with Gasteiger partial charge in [-0.15, -0.1) is 10.2 Å². The Balaban J connectivity index is 1.61. The van der Waals surface area contributed by atoms with Crippen molar-refractivity contribution in [3.8, 4) is 17.1 Å². The molecule has 5 rings (SSSR count). The molecule has 3 heterocycles. The summed E-state index contributed by atoms with van der Waals surface area (Å²) in [6.07, 6.45) is -0.540. The molecule has 164 valence electrons. The lowest BCUT2D eigenvalue weighted by atomic mass is 10.1. The first-order valence-corrected chi connectivity index (χ1v) is 10.5. The number of rotatable bonds is 5. The van der Waals surface area contributed by atoms with E-state index in [1.54, 1.807) is 11.9 Å². The molecule has 0 aliphatic carbocycles. The van der Waals surface area contributed by atoms with Gasteiger partial charge in [-0.05, 0) is 36.8 Å². The number of benzene rings is 2. The highest BCUT2D eigenvalue weighted by molar-refractivity contribution is 6.02. The first-order chi connectivity index (χ1) is 15.5. The molecule has 0 N–H and O–H groups in total. The summed E-state index contributed by atoms with van der Waals surface area (Å²) in [6, 6.07) is 16.5. The van der Waals surface area contributed by atoms with Gasteiger partial charge < -0.3 is 14.5 Å². The van der Waals surface area contributed by atoms with Crippen LogP contribution >= 0.6 is 0 Å². The Morgan fingerprint density at radius 3 is 2.38 bits per heavy atom. The third kappa shape index (κ3) is 3.00. The molecule has 1 aromatic heterocycles. The minimum absolute atomic E-state index is 0.253. The Bertz CT molecular complexity index is 1160. The number of imide groups is 1. The van der Waals surface area contributed by atoms with Gasteiger partial charge in [0, 0.05) is 26.2 Å². The molecule has 32 heavy (non-hydrogen) atoms. The second kappa shape index (κ2) is 7.67. The number of anilines is 1. The first-order valence-electron chi connectivity index (χ1n) is 10.5. The zero-order chi connectivity index (χ0) is 22.4. The molecule has 2 atom stereocenters. The first kappa shape index (κ1) is 20.0. The largest absolute Gasteiger partial charge is 0.494 e. The lowest BCUT2D eigenvalue weighted by Crippen LogP contribution is -2.61. The standard InChI is InChI=1S/C23H24N6O3/c1-4-32-17-12-10-16(11-13-17)19-24-25-22-28(14-15-8-6-5-7-9-15)18-20(29(19)22)26(2)23(31)27(3)21(18)30/h5-13,18,20H,4,14H2,1-3H3. The van der Waals surface area contributed by atoms with Crippen LogP contribution in [0.4, 0.5) is 10.7 Å². The SMILES string of the molecule is CCOc1ccc(-c2nnc3n2C2C(C(=O)N(C)C(=O)N2C)N3Cc2ccccc2)cc1. The maximum absolute atomic E-state index is 13.3. The Morgan fingerprint density at radius 1 is 0.969 bits per heavy atom. The molecule has 0 saturated carbocycles. The number of urea groups is 1. The van der Waals surface area contributed by atoms with Crippen LogP contribution in [0.3, 0.4) is 0 Å². The minimum atomic E-state index is -0.588. The number of nitrogens with zero attached hydrogens (tertiary/aromatic N) is 6. The normalized spacial score (nSPS) is 19.9. The van der Waals surface area contributed by atoms with Crippen LogP contribution in [0.25, 0.3) is 11.4 Å². The van der Waals surface area contributed by atoms with E-state index >= 15 is 0 Å². The van der Waals surface area contributed by atoms with Gasteiger partial charge in [0.15, 0.2) is 11.9 Å². The van der Waals surface area contributed by atoms with Crippen molar-refractivity contribution < 1.29 is 14.3 Å². The Hall–Kier alpha value is -3.88. The second-order valence-electron chi connectivity index (χ2n) is 7.91. The predicted octanol–water partition coefficient (Wildman–Crippen LogP) is 2.76. The van der Waals surface area contributed by atoms with Gasteiger partial charge in [-0.3, -0.25) is 14.3 Å². The fourth-order valence-electron chi connectivity index (χ4n) is 4.45. The lowest BCUT2D eigenvalue weighted by molar-refractivity contribution is -0.133. The zero-order valence-electron chi connectivity index (χ0n) is 18.2. The highest BCUT2D eigenvalue weighted by Gasteiger charge is 2.54. The van der Waals surface area contributed by atoms with Crippen LogP contribution in [0.15, 0.2) is 54.6 Å². The van der Waals surface area contributed by atoms with E-state index in [9.17, 15) is 9.59 Å². The van der Waals surface area contributed by atoms with Crippen molar-refractivity contribution >= 4 is 17.9 Å². The number of hydrogen-bond donors (Lipinski definition) is 0. The van der Waals surface area contributed by atoms with E-state index in [0.717, 1.165) is 16.9 Å². The van der Waals surface area contributed by atoms with E-state index in [0.29, 0.717) is 24.9 Å². The van der Waals surface area contributed by atoms with Gasteiger partial charge in [0.05, 0.1) is 6.61 Å². The highest BCUT2D eigenvalue weighted by Crippen LogP contribution is 2.42. The number of aromatic nitrogens is 3. The molecule has 1 saturated heterocycles. The topological polar surface area (TPSA) is 83.8 Å². The smallest absolute Gasteiger partial charge is 0.327 e. The molecule has 3 amide bonds. The molecule has 0 bridgehead atoms. The number of fused-ring (bicyclic) bond motifs is 3. The summed E-state index contributed by atoms with van der Waals surface area (Å²) in [7, 11) is 3.23. The van der Waals surface area contributed by atoms with E-state index in [1.165, 1.54) is 11.9 Å². The fourth-order valence-corrected chi connectivity index (χ4v) is 4.45. The number of carbonyl (C=O) groups excluding carboxylic acids is 2. The molecule has 2 aliphatic heterocycles. The lowest BCUT2D eigenvalue weighted by Gasteiger charge is -2.40. The molecule has 9 heteroatoms. The summed E-state index contributed by atoms with van der Waals surface area (Å²) >= 11 is 0. The third-order valence-corrected chi connectivity index (χ3v) is 6.01. The average Bonchev–Trinajstić information content (AvgIpc) is 3.37. The van der Waals surface area contributed by atoms with Crippen molar-refractivity contribution in [1.29, 1.82) is 0 Å². The summed E-state index contributed by atoms with van der Waals surface area (Å²) in [6.45, 7) is 3.00. The monoisotopic (exact) mass is 432 g/mol. The van der Waals surface area contributed by atoms with Crippen LogP contribution < -0.4 is 9.64 Å². The zero-order valence-corrected chi connectivity index (χ0v) is 18.2. The van der Waals surface area contributed by atoms with Crippen LogP contribution in [0.5, 0.6) is 5.75 Å². The maximum Gasteiger partial charge on any atom is 0.327 e. The summed E-state index contributed by atoms with van der Waals surface area (Å²) < 4.78 is 7.44. The minimum Gasteiger partial charge on any atom is -0.494 e. The molecule has 2 unspecified atom stereocenters. The van der Waals surface area contributed by atoms with Gasteiger partial charge >= 0.3 is 6.03 Å². The van der Waals surface area contributed by atoms with Gasteiger partial charge in [0.25, 0.3) is 5.91 Å². The Kier molecular flexibility index (Phi) is 4.80. The molecular formula is C23H24N6O3. The average molecular weight is 432 g/mol. The number of amides is 3. The Labute approximate surface area is 185 Å². The van der Waals surface area contributed by atoms with Crippen molar-refractivity contribution in [2.24, 2.45) is 0 Å². The van der Waals surface area contributed by atoms with Gasteiger partial charge in [-0.2, -0.15) is 0 Å². The van der Waals surface area contributed by atoms with E-state index in [2.05, 4.69) is 10.2 Å². The van der Waals surface area contributed by atoms with Gasteiger partial charge in [0.1, 0.15) is 11.9 Å². The fraction of sp³-hybridized carbons (Fsp3) is 0.304. The van der Waals surface area contributed by atoms with Crippen molar-refractivity contribution in [2.45, 2.75) is 25.7 Å². The summed E-state index contributed by atoms with van der Waals surface area (Å²) in [5, 5.41) is 8.89. The highest BCUT2D eigenvalue weighted by atomic mass is 16.5. The number of carbonyl (C=O) groups is 2. The van der Waals surface area contributed by atoms with E-state index < -0.39 is 12.2 Å². The summed E-state index contributed by atoms with van der Waals surface area (Å²) in [5.41, 5.74) is 1.88. The molecule has 0 radical (unpaired) electrons. The molecule has 3 aromatic rings. The van der Waals surface area contributed by atoms with Crippen LogP contribution in [0, 0.1) is 0 Å². The maximum atomic E-state index is 13.3. The van der Waals surface area contributed by atoms with E-state index in [-0.39, 0.29) is 11.9 Å². The molecule has 9 nitrogen and oxygen atoms in total.